The maximum absolute atomic E-state index is 10.8. The number of ether oxygens (including phenoxy) is 2. The van der Waals surface area contributed by atoms with Crippen molar-refractivity contribution in [2.75, 3.05) is 6.61 Å². The molecule has 2 aliphatic rings. The number of aromatic hydroxyl groups is 1. The third kappa shape index (κ3) is 2.78. The van der Waals surface area contributed by atoms with Crippen LogP contribution in [-0.4, -0.2) is 51.1 Å². The van der Waals surface area contributed by atoms with Gasteiger partial charge in [0.2, 0.25) is 0 Å². The molecule has 2 saturated heterocycles. The second kappa shape index (κ2) is 6.34. The molecule has 5 unspecified atom stereocenters. The minimum absolute atomic E-state index is 0.215. The Morgan fingerprint density at radius 2 is 2.21 bits per heavy atom. The van der Waals surface area contributed by atoms with Crippen molar-refractivity contribution < 1.29 is 19.7 Å². The molecule has 0 aliphatic carbocycles. The van der Waals surface area contributed by atoms with Gasteiger partial charge < -0.3 is 25.0 Å². The summed E-state index contributed by atoms with van der Waals surface area (Å²) in [7, 11) is 0. The fraction of sp³-hybridized carbons (Fsp3) is 0.438. The highest BCUT2D eigenvalue weighted by atomic mass is 35.5. The number of nitrogens with one attached hydrogen (secondary N) is 1. The summed E-state index contributed by atoms with van der Waals surface area (Å²) >= 11 is 5.93. The normalized spacial score (nSPS) is 32.2. The number of nitrogens with zero attached hydrogens (tertiary/aromatic N) is 2. The Bertz CT molecular complexity index is 725. The molecule has 3 N–H and O–H groups in total. The first-order chi connectivity index (χ1) is 11.6. The Morgan fingerprint density at radius 3 is 2.96 bits per heavy atom. The molecule has 0 radical (unpaired) electrons. The highest BCUT2D eigenvalue weighted by Crippen LogP contribution is 2.36. The lowest BCUT2D eigenvalue weighted by atomic mass is 9.96. The minimum atomic E-state index is -0.766. The summed E-state index contributed by atoms with van der Waals surface area (Å²) in [4.78, 5) is 0. The van der Waals surface area contributed by atoms with Gasteiger partial charge in [0, 0.05) is 18.3 Å². The van der Waals surface area contributed by atoms with Crippen LogP contribution in [0, 0.1) is 0 Å². The van der Waals surface area contributed by atoms with E-state index < -0.39 is 18.4 Å². The molecule has 2 aliphatic heterocycles. The molecule has 1 aromatic carbocycles. The third-order valence-corrected chi connectivity index (χ3v) is 4.72. The fourth-order valence-corrected chi connectivity index (χ4v) is 3.44. The first-order valence-electron chi connectivity index (χ1n) is 7.78. The van der Waals surface area contributed by atoms with Crippen LogP contribution in [-0.2, 0) is 16.0 Å². The van der Waals surface area contributed by atoms with E-state index in [2.05, 4.69) is 10.4 Å². The van der Waals surface area contributed by atoms with Gasteiger partial charge in [-0.1, -0.05) is 29.8 Å². The molecule has 0 amide bonds. The molecule has 24 heavy (non-hydrogen) atoms. The van der Waals surface area contributed by atoms with Crippen LogP contribution in [0.1, 0.15) is 11.6 Å². The van der Waals surface area contributed by atoms with Crippen LogP contribution in [0.4, 0.5) is 0 Å². The van der Waals surface area contributed by atoms with Gasteiger partial charge in [0.05, 0.1) is 30.0 Å². The lowest BCUT2D eigenvalue weighted by Crippen LogP contribution is -2.57. The number of phenolic OH excluding ortho intramolecular Hbond substituents is 1. The molecule has 3 heterocycles. The molecule has 128 valence electrons. The van der Waals surface area contributed by atoms with Crippen molar-refractivity contribution in [3.63, 3.8) is 0 Å². The number of benzene rings is 1. The van der Waals surface area contributed by atoms with Crippen molar-refractivity contribution in [3.8, 4) is 5.75 Å². The van der Waals surface area contributed by atoms with E-state index in [1.807, 2.05) is 12.1 Å². The highest BCUT2D eigenvalue weighted by Gasteiger charge is 2.51. The van der Waals surface area contributed by atoms with Crippen molar-refractivity contribution in [1.29, 1.82) is 0 Å². The molecule has 0 spiro atoms. The summed E-state index contributed by atoms with van der Waals surface area (Å²) in [5.41, 5.74) is 0.754. The molecule has 0 saturated carbocycles. The van der Waals surface area contributed by atoms with Crippen LogP contribution in [0.15, 0.2) is 36.7 Å². The monoisotopic (exact) mass is 351 g/mol. The molecular formula is C16H18ClN3O4. The predicted octanol–water partition coefficient (Wildman–Crippen LogP) is 1.06. The number of rotatable bonds is 4. The van der Waals surface area contributed by atoms with Crippen molar-refractivity contribution in [3.05, 3.63) is 47.2 Å². The van der Waals surface area contributed by atoms with E-state index in [1.54, 1.807) is 23.0 Å². The quantitative estimate of drug-likeness (QED) is 0.763. The SMILES string of the molecule is Oc1ccccc1CNC1C2COC(O2)C(n2cc(Cl)cn2)C1O. The molecule has 2 fully saturated rings. The Hall–Kier alpha value is -1.64. The van der Waals surface area contributed by atoms with Crippen LogP contribution in [0.2, 0.25) is 5.02 Å². The van der Waals surface area contributed by atoms with Gasteiger partial charge in [-0.05, 0) is 6.07 Å². The van der Waals surface area contributed by atoms with Crippen LogP contribution in [0.3, 0.4) is 0 Å². The van der Waals surface area contributed by atoms with Gasteiger partial charge in [0.1, 0.15) is 17.9 Å². The van der Waals surface area contributed by atoms with Gasteiger partial charge in [-0.25, -0.2) is 0 Å². The van der Waals surface area contributed by atoms with Crippen molar-refractivity contribution in [2.24, 2.45) is 0 Å². The number of aromatic nitrogens is 2. The topological polar surface area (TPSA) is 88.8 Å². The summed E-state index contributed by atoms with van der Waals surface area (Å²) in [6, 6.07) is 6.25. The average molecular weight is 352 g/mol. The number of halogens is 1. The Morgan fingerprint density at radius 1 is 1.38 bits per heavy atom. The smallest absolute Gasteiger partial charge is 0.183 e. The Labute approximate surface area is 143 Å². The lowest BCUT2D eigenvalue weighted by Gasteiger charge is -2.38. The summed E-state index contributed by atoms with van der Waals surface area (Å²) < 4.78 is 13.1. The van der Waals surface area contributed by atoms with E-state index in [4.69, 9.17) is 21.1 Å². The van der Waals surface area contributed by atoms with Gasteiger partial charge in [-0.3, -0.25) is 4.68 Å². The molecule has 2 bridgehead atoms. The summed E-state index contributed by atoms with van der Waals surface area (Å²) in [6.07, 6.45) is 1.58. The van der Waals surface area contributed by atoms with Crippen LogP contribution in [0.5, 0.6) is 5.75 Å². The number of para-hydroxylation sites is 1. The maximum Gasteiger partial charge on any atom is 0.183 e. The molecule has 2 aromatic rings. The van der Waals surface area contributed by atoms with E-state index in [9.17, 15) is 10.2 Å². The first-order valence-corrected chi connectivity index (χ1v) is 8.16. The van der Waals surface area contributed by atoms with Gasteiger partial charge in [-0.2, -0.15) is 5.10 Å². The van der Waals surface area contributed by atoms with Crippen molar-refractivity contribution >= 4 is 11.6 Å². The van der Waals surface area contributed by atoms with E-state index in [1.165, 1.54) is 6.20 Å². The number of aliphatic hydroxyl groups excluding tert-OH is 1. The second-order valence-electron chi connectivity index (χ2n) is 6.03. The second-order valence-corrected chi connectivity index (χ2v) is 6.47. The predicted molar refractivity (Wildman–Crippen MR) is 85.6 cm³/mol. The zero-order valence-corrected chi connectivity index (χ0v) is 13.5. The third-order valence-electron chi connectivity index (χ3n) is 4.53. The highest BCUT2D eigenvalue weighted by molar-refractivity contribution is 6.30. The number of hydrogen-bond acceptors (Lipinski definition) is 6. The average Bonchev–Trinajstić information content (AvgIpc) is 3.17. The van der Waals surface area contributed by atoms with Gasteiger partial charge in [0.25, 0.3) is 0 Å². The van der Waals surface area contributed by atoms with Crippen molar-refractivity contribution in [1.82, 2.24) is 15.1 Å². The molecule has 5 atom stereocenters. The molecule has 1 aromatic heterocycles. The first kappa shape index (κ1) is 15.9. The van der Waals surface area contributed by atoms with Crippen LogP contribution >= 0.6 is 11.6 Å². The summed E-state index contributed by atoms with van der Waals surface area (Å²) in [5.74, 6) is 0.215. The largest absolute Gasteiger partial charge is 0.508 e. The Balaban J connectivity index is 1.53. The molecule has 4 rings (SSSR count). The lowest BCUT2D eigenvalue weighted by molar-refractivity contribution is -0.168. The number of aliphatic hydroxyl groups is 1. The van der Waals surface area contributed by atoms with E-state index in [0.29, 0.717) is 18.2 Å². The van der Waals surface area contributed by atoms with Gasteiger partial charge >= 0.3 is 0 Å². The van der Waals surface area contributed by atoms with Crippen LogP contribution in [0.25, 0.3) is 0 Å². The van der Waals surface area contributed by atoms with E-state index in [-0.39, 0.29) is 17.9 Å². The summed E-state index contributed by atoms with van der Waals surface area (Å²) in [6.45, 7) is 0.803. The van der Waals surface area contributed by atoms with Gasteiger partial charge in [-0.15, -0.1) is 0 Å². The molecule has 8 heteroatoms. The zero-order valence-electron chi connectivity index (χ0n) is 12.7. The number of phenols is 1. The fourth-order valence-electron chi connectivity index (χ4n) is 3.30. The summed E-state index contributed by atoms with van der Waals surface area (Å²) in [5, 5.41) is 28.6. The van der Waals surface area contributed by atoms with E-state index >= 15 is 0 Å². The molecular weight excluding hydrogens is 334 g/mol. The molecule has 7 nitrogen and oxygen atoms in total. The maximum atomic E-state index is 10.8. The van der Waals surface area contributed by atoms with E-state index in [0.717, 1.165) is 5.56 Å². The zero-order chi connectivity index (χ0) is 16.7. The van der Waals surface area contributed by atoms with Crippen molar-refractivity contribution in [2.45, 2.75) is 37.1 Å². The number of hydrogen-bond donors (Lipinski definition) is 3. The minimum Gasteiger partial charge on any atom is -0.508 e. The van der Waals surface area contributed by atoms with Crippen LogP contribution < -0.4 is 5.32 Å². The number of fused-ring (bicyclic) bond motifs is 2. The Kier molecular flexibility index (Phi) is 4.19. The van der Waals surface area contributed by atoms with Gasteiger partial charge in [0.15, 0.2) is 6.29 Å². The standard InChI is InChI=1S/C16H18ClN3O4/c17-10-6-19-20(7-10)14-15(22)13(12-8-23-16(14)24-12)18-5-9-3-1-2-4-11(9)21/h1-4,6-7,12-16,18,21-22H,5,8H2.